The maximum Gasteiger partial charge on any atom is 0.322 e. The highest BCUT2D eigenvalue weighted by Crippen LogP contribution is 2.37. The number of amides is 2. The zero-order chi connectivity index (χ0) is 22.1. The van der Waals surface area contributed by atoms with Gasteiger partial charge in [-0.3, -0.25) is 0 Å². The van der Waals surface area contributed by atoms with Crippen LogP contribution < -0.4 is 10.1 Å². The molecule has 0 saturated heterocycles. The summed E-state index contributed by atoms with van der Waals surface area (Å²) < 4.78 is 21.1. The van der Waals surface area contributed by atoms with E-state index in [0.29, 0.717) is 18.0 Å². The monoisotopic (exact) mass is 427 g/mol. The lowest BCUT2D eigenvalue weighted by Crippen LogP contribution is -2.37. The van der Waals surface area contributed by atoms with Gasteiger partial charge in [0.05, 0.1) is 25.4 Å². The van der Waals surface area contributed by atoms with Crippen LogP contribution in [0.25, 0.3) is 5.69 Å². The van der Waals surface area contributed by atoms with Crippen molar-refractivity contribution in [3.63, 3.8) is 0 Å². The maximum atomic E-state index is 13.7. The highest BCUT2D eigenvalue weighted by molar-refractivity contribution is 5.90. The Morgan fingerprint density at radius 2 is 1.81 bits per heavy atom. The van der Waals surface area contributed by atoms with Gasteiger partial charge in [0.1, 0.15) is 11.6 Å². The van der Waals surface area contributed by atoms with Crippen molar-refractivity contribution in [2.45, 2.75) is 12.6 Å². The van der Waals surface area contributed by atoms with E-state index in [0.717, 1.165) is 22.5 Å². The topological polar surface area (TPSA) is 46.5 Å². The number of carbonyl (C=O) groups excluding carboxylic acids is 1. The van der Waals surface area contributed by atoms with Crippen molar-refractivity contribution in [3.05, 3.63) is 114 Å². The summed E-state index contributed by atoms with van der Waals surface area (Å²) in [6.45, 7) is 0.399. The van der Waals surface area contributed by atoms with Gasteiger partial charge in [-0.2, -0.15) is 0 Å². The quantitative estimate of drug-likeness (QED) is 0.452. The molecule has 0 bridgehead atoms. The summed E-state index contributed by atoms with van der Waals surface area (Å²) >= 11 is 0. The molecule has 0 aliphatic carbocycles. The molecule has 1 aromatic heterocycles. The summed E-state index contributed by atoms with van der Waals surface area (Å²) in [5.41, 5.74) is 4.45. The van der Waals surface area contributed by atoms with E-state index in [2.05, 4.69) is 9.88 Å². The molecule has 2 amide bonds. The van der Waals surface area contributed by atoms with Crippen molar-refractivity contribution in [2.75, 3.05) is 12.4 Å². The van der Waals surface area contributed by atoms with Gasteiger partial charge in [-0.25, -0.2) is 9.18 Å². The van der Waals surface area contributed by atoms with E-state index in [4.69, 9.17) is 4.74 Å². The number of carbonyl (C=O) groups is 1. The molecule has 6 heteroatoms. The predicted octanol–water partition coefficient (Wildman–Crippen LogP) is 5.76. The van der Waals surface area contributed by atoms with Crippen molar-refractivity contribution in [1.29, 1.82) is 0 Å². The Morgan fingerprint density at radius 3 is 2.62 bits per heavy atom. The summed E-state index contributed by atoms with van der Waals surface area (Å²) in [4.78, 5) is 15.4. The molecule has 32 heavy (non-hydrogen) atoms. The third-order valence-electron chi connectivity index (χ3n) is 5.73. The third-order valence-corrected chi connectivity index (χ3v) is 5.73. The number of aromatic nitrogens is 1. The van der Waals surface area contributed by atoms with Crippen LogP contribution in [0.15, 0.2) is 91.1 Å². The molecule has 4 aromatic rings. The molecule has 3 aromatic carbocycles. The van der Waals surface area contributed by atoms with E-state index < -0.39 is 6.04 Å². The van der Waals surface area contributed by atoms with E-state index in [9.17, 15) is 9.18 Å². The third kappa shape index (κ3) is 3.60. The second-order valence-corrected chi connectivity index (χ2v) is 7.68. The number of para-hydroxylation sites is 1. The number of hydrogen-bond donors (Lipinski definition) is 1. The molecule has 0 fully saturated rings. The van der Waals surface area contributed by atoms with Gasteiger partial charge in [0.25, 0.3) is 0 Å². The fourth-order valence-electron chi connectivity index (χ4n) is 4.23. The SMILES string of the molecule is COc1cccc(NC(=O)N2Cc3ccccc3-n3cccc3[C@@H]2c2ccc(F)cc2)c1. The first-order chi connectivity index (χ1) is 15.6. The molecule has 1 aliphatic heterocycles. The van der Waals surface area contributed by atoms with Crippen LogP contribution in [0, 0.1) is 5.82 Å². The Labute approximate surface area is 185 Å². The number of fused-ring (bicyclic) bond motifs is 3. The smallest absolute Gasteiger partial charge is 0.322 e. The van der Waals surface area contributed by atoms with Crippen LogP contribution in [-0.4, -0.2) is 22.6 Å². The average molecular weight is 427 g/mol. The molecular weight excluding hydrogens is 405 g/mol. The Kier molecular flexibility index (Phi) is 5.11. The lowest BCUT2D eigenvalue weighted by atomic mass is 10.0. The van der Waals surface area contributed by atoms with Crippen LogP contribution in [0.4, 0.5) is 14.9 Å². The Balaban J connectivity index is 1.61. The summed E-state index contributed by atoms with van der Waals surface area (Å²) in [7, 11) is 1.59. The molecule has 1 atom stereocenters. The van der Waals surface area contributed by atoms with Gasteiger partial charge < -0.3 is 19.5 Å². The first-order valence-corrected chi connectivity index (χ1v) is 10.4. The minimum Gasteiger partial charge on any atom is -0.497 e. The van der Waals surface area contributed by atoms with E-state index in [1.165, 1.54) is 12.1 Å². The number of nitrogens with zero attached hydrogens (tertiary/aromatic N) is 2. The lowest BCUT2D eigenvalue weighted by Gasteiger charge is -2.31. The first-order valence-electron chi connectivity index (χ1n) is 10.4. The summed E-state index contributed by atoms with van der Waals surface area (Å²) in [6.07, 6.45) is 1.99. The lowest BCUT2D eigenvalue weighted by molar-refractivity contribution is 0.194. The number of benzene rings is 3. The fraction of sp³-hybridized carbons (Fsp3) is 0.115. The number of ether oxygens (including phenoxy) is 1. The highest BCUT2D eigenvalue weighted by atomic mass is 19.1. The Bertz CT molecular complexity index is 1270. The average Bonchev–Trinajstić information content (AvgIpc) is 3.24. The Hall–Kier alpha value is -4.06. The Morgan fingerprint density at radius 1 is 1.00 bits per heavy atom. The number of nitrogens with one attached hydrogen (secondary N) is 1. The van der Waals surface area contributed by atoms with Crippen LogP contribution in [0.5, 0.6) is 5.75 Å². The van der Waals surface area contributed by atoms with Crippen molar-refractivity contribution in [2.24, 2.45) is 0 Å². The van der Waals surface area contributed by atoms with E-state index in [-0.39, 0.29) is 11.8 Å². The van der Waals surface area contributed by atoms with E-state index >= 15 is 0 Å². The van der Waals surface area contributed by atoms with Gasteiger partial charge in [0, 0.05) is 23.6 Å². The zero-order valence-corrected chi connectivity index (χ0v) is 17.5. The second-order valence-electron chi connectivity index (χ2n) is 7.68. The van der Waals surface area contributed by atoms with Crippen molar-refractivity contribution in [1.82, 2.24) is 9.47 Å². The second kappa shape index (κ2) is 8.23. The van der Waals surface area contributed by atoms with Crippen LogP contribution in [-0.2, 0) is 6.54 Å². The van der Waals surface area contributed by atoms with Crippen LogP contribution in [0.1, 0.15) is 22.9 Å². The van der Waals surface area contributed by atoms with Crippen LogP contribution in [0.2, 0.25) is 0 Å². The minimum atomic E-state index is -0.399. The van der Waals surface area contributed by atoms with E-state index in [1.54, 1.807) is 30.2 Å². The summed E-state index contributed by atoms with van der Waals surface area (Å²) in [6, 6.07) is 24.9. The van der Waals surface area contributed by atoms with Gasteiger partial charge in [0.15, 0.2) is 0 Å². The standard InChI is InChI=1S/C26H22FN3O2/c1-32-22-8-4-7-21(16-22)28-26(31)30-17-19-6-2-3-9-23(19)29-15-5-10-24(29)25(30)18-11-13-20(27)14-12-18/h2-16,25H,17H2,1H3,(H,28,31)/t25-/m0/s1. The number of halogens is 1. The zero-order valence-electron chi connectivity index (χ0n) is 17.5. The van der Waals surface area contributed by atoms with Gasteiger partial charge >= 0.3 is 6.03 Å². The van der Waals surface area contributed by atoms with Gasteiger partial charge in [-0.1, -0.05) is 36.4 Å². The van der Waals surface area contributed by atoms with Crippen molar-refractivity contribution >= 4 is 11.7 Å². The minimum absolute atomic E-state index is 0.253. The van der Waals surface area contributed by atoms with Gasteiger partial charge in [-0.05, 0) is 53.6 Å². The van der Waals surface area contributed by atoms with Gasteiger partial charge in [0.2, 0.25) is 0 Å². The number of methoxy groups -OCH3 is 1. The van der Waals surface area contributed by atoms with Crippen LogP contribution >= 0.6 is 0 Å². The van der Waals surface area contributed by atoms with Crippen molar-refractivity contribution in [3.8, 4) is 11.4 Å². The molecule has 5 rings (SSSR count). The van der Waals surface area contributed by atoms with E-state index in [1.807, 2.05) is 60.8 Å². The molecular formula is C26H22FN3O2. The largest absolute Gasteiger partial charge is 0.497 e. The number of hydrogen-bond acceptors (Lipinski definition) is 2. The molecule has 0 spiro atoms. The molecule has 5 nitrogen and oxygen atoms in total. The van der Waals surface area contributed by atoms with Crippen molar-refractivity contribution < 1.29 is 13.9 Å². The highest BCUT2D eigenvalue weighted by Gasteiger charge is 2.33. The summed E-state index contributed by atoms with van der Waals surface area (Å²) in [5.74, 6) is 0.349. The molecule has 160 valence electrons. The predicted molar refractivity (Wildman–Crippen MR) is 122 cm³/mol. The molecule has 1 aliphatic rings. The maximum absolute atomic E-state index is 13.7. The molecule has 0 unspecified atom stereocenters. The first kappa shape index (κ1) is 19.9. The molecule has 2 heterocycles. The number of urea groups is 1. The molecule has 1 N–H and O–H groups in total. The number of rotatable bonds is 3. The molecule has 0 saturated carbocycles. The van der Waals surface area contributed by atoms with Crippen LogP contribution in [0.3, 0.4) is 0 Å². The normalized spacial score (nSPS) is 14.8. The summed E-state index contributed by atoms with van der Waals surface area (Å²) in [5, 5.41) is 3.00. The molecule has 0 radical (unpaired) electrons. The fourth-order valence-corrected chi connectivity index (χ4v) is 4.23. The van der Waals surface area contributed by atoms with Gasteiger partial charge in [-0.15, -0.1) is 0 Å². The number of anilines is 1.